The molecule has 2 saturated carbocycles. The van der Waals surface area contributed by atoms with Crippen LogP contribution in [0.4, 0.5) is 0 Å². The topological polar surface area (TPSA) is 0 Å². The maximum absolute atomic E-state index is 2.47. The van der Waals surface area contributed by atoms with Gasteiger partial charge in [0.2, 0.25) is 0 Å². The van der Waals surface area contributed by atoms with E-state index in [0.29, 0.717) is 0 Å². The summed E-state index contributed by atoms with van der Waals surface area (Å²) in [6.45, 7) is 4.89. The quantitative estimate of drug-likeness (QED) is 0.466. The molecule has 2 aliphatic carbocycles. The SMILES string of the molecule is C[C@H]1CCC[C@]2(C)C[C@H]12. The summed E-state index contributed by atoms with van der Waals surface area (Å²) in [6.07, 6.45) is 6.05. The van der Waals surface area contributed by atoms with Crippen LogP contribution in [0.1, 0.15) is 39.5 Å². The fourth-order valence-electron chi connectivity index (χ4n) is 2.65. The van der Waals surface area contributed by atoms with Gasteiger partial charge in [-0.3, -0.25) is 0 Å². The highest BCUT2D eigenvalue weighted by molar-refractivity contribution is 5.03. The van der Waals surface area contributed by atoms with Crippen molar-refractivity contribution in [1.29, 1.82) is 0 Å². The molecule has 0 bridgehead atoms. The van der Waals surface area contributed by atoms with E-state index in [9.17, 15) is 0 Å². The lowest BCUT2D eigenvalue weighted by atomic mass is 9.84. The summed E-state index contributed by atoms with van der Waals surface area (Å²) < 4.78 is 0. The zero-order chi connectivity index (χ0) is 6.48. The fourth-order valence-corrected chi connectivity index (χ4v) is 2.65. The van der Waals surface area contributed by atoms with Crippen LogP contribution >= 0.6 is 0 Å². The van der Waals surface area contributed by atoms with Gasteiger partial charge in [0.1, 0.15) is 0 Å². The van der Waals surface area contributed by atoms with Crippen LogP contribution in [0.5, 0.6) is 0 Å². The molecule has 0 nitrogen and oxygen atoms in total. The molecule has 0 spiro atoms. The summed E-state index contributed by atoms with van der Waals surface area (Å²) in [4.78, 5) is 0. The van der Waals surface area contributed by atoms with Crippen LogP contribution in [0.15, 0.2) is 0 Å². The minimum Gasteiger partial charge on any atom is -0.0622 e. The van der Waals surface area contributed by atoms with Gasteiger partial charge in [-0.2, -0.15) is 0 Å². The van der Waals surface area contributed by atoms with Crippen molar-refractivity contribution in [3.8, 4) is 0 Å². The largest absolute Gasteiger partial charge is 0.0622 e. The lowest BCUT2D eigenvalue weighted by molar-refractivity contribution is 0.288. The summed E-state index contributed by atoms with van der Waals surface area (Å²) in [5, 5.41) is 0. The molecular weight excluding hydrogens is 108 g/mol. The second kappa shape index (κ2) is 1.53. The highest BCUT2D eigenvalue weighted by atomic mass is 14.6. The van der Waals surface area contributed by atoms with Crippen molar-refractivity contribution >= 4 is 0 Å². The van der Waals surface area contributed by atoms with Crippen molar-refractivity contribution in [3.05, 3.63) is 0 Å². The van der Waals surface area contributed by atoms with Crippen LogP contribution in [-0.4, -0.2) is 0 Å². The minimum absolute atomic E-state index is 0.817. The molecule has 0 heteroatoms. The molecular formula is C9H16. The maximum atomic E-state index is 2.47. The zero-order valence-corrected chi connectivity index (χ0v) is 6.48. The molecule has 0 unspecified atom stereocenters. The molecule has 2 aliphatic rings. The van der Waals surface area contributed by atoms with Crippen LogP contribution in [-0.2, 0) is 0 Å². The monoisotopic (exact) mass is 124 g/mol. The predicted octanol–water partition coefficient (Wildman–Crippen LogP) is 2.83. The molecule has 2 rings (SSSR count). The van der Waals surface area contributed by atoms with E-state index in [-0.39, 0.29) is 0 Å². The molecule has 0 heterocycles. The average Bonchev–Trinajstić information content (AvgIpc) is 2.43. The smallest absolute Gasteiger partial charge is 0.0292 e. The summed E-state index contributed by atoms with van der Waals surface area (Å²) in [5.41, 5.74) is 0.817. The van der Waals surface area contributed by atoms with Crippen LogP contribution in [0.25, 0.3) is 0 Å². The van der Waals surface area contributed by atoms with E-state index in [0.717, 1.165) is 17.3 Å². The van der Waals surface area contributed by atoms with Gasteiger partial charge in [-0.25, -0.2) is 0 Å². The van der Waals surface area contributed by atoms with E-state index >= 15 is 0 Å². The van der Waals surface area contributed by atoms with Crippen LogP contribution in [0.3, 0.4) is 0 Å². The van der Waals surface area contributed by atoms with Crippen molar-refractivity contribution in [2.24, 2.45) is 17.3 Å². The first-order valence-corrected chi connectivity index (χ1v) is 4.22. The lowest BCUT2D eigenvalue weighted by Gasteiger charge is -2.22. The first-order valence-electron chi connectivity index (χ1n) is 4.22. The molecule has 0 saturated heterocycles. The van der Waals surface area contributed by atoms with E-state index in [4.69, 9.17) is 0 Å². The molecule has 9 heavy (non-hydrogen) atoms. The number of hydrogen-bond donors (Lipinski definition) is 0. The third-order valence-corrected chi connectivity index (χ3v) is 3.52. The Morgan fingerprint density at radius 2 is 2.22 bits per heavy atom. The number of hydrogen-bond acceptors (Lipinski definition) is 0. The normalized spacial score (nSPS) is 56.7. The molecule has 0 aromatic heterocycles. The Hall–Kier alpha value is 0. The van der Waals surface area contributed by atoms with Gasteiger partial charge in [0.25, 0.3) is 0 Å². The summed E-state index contributed by atoms with van der Waals surface area (Å²) in [7, 11) is 0. The fraction of sp³-hybridized carbons (Fsp3) is 1.00. The van der Waals surface area contributed by atoms with Gasteiger partial charge in [0, 0.05) is 0 Å². The van der Waals surface area contributed by atoms with Crippen molar-refractivity contribution in [3.63, 3.8) is 0 Å². The molecule has 3 atom stereocenters. The Balaban J connectivity index is 2.07. The highest BCUT2D eigenvalue weighted by Gasteiger charge is 2.53. The zero-order valence-electron chi connectivity index (χ0n) is 6.48. The molecule has 0 aromatic rings. The van der Waals surface area contributed by atoms with E-state index in [1.54, 1.807) is 0 Å². The average molecular weight is 124 g/mol. The Labute approximate surface area is 57.6 Å². The third kappa shape index (κ3) is 0.720. The standard InChI is InChI=1S/C9H16/c1-7-4-3-5-9(2)6-8(7)9/h7-8H,3-6H2,1-2H3/t7-,8+,9+/m0/s1. The van der Waals surface area contributed by atoms with Gasteiger partial charge < -0.3 is 0 Å². The van der Waals surface area contributed by atoms with Crippen molar-refractivity contribution in [1.82, 2.24) is 0 Å². The van der Waals surface area contributed by atoms with Gasteiger partial charge in [-0.15, -0.1) is 0 Å². The van der Waals surface area contributed by atoms with Crippen molar-refractivity contribution in [2.75, 3.05) is 0 Å². The Morgan fingerprint density at radius 3 is 2.78 bits per heavy atom. The molecule has 0 radical (unpaired) electrons. The van der Waals surface area contributed by atoms with Crippen LogP contribution < -0.4 is 0 Å². The van der Waals surface area contributed by atoms with Gasteiger partial charge in [0.05, 0.1) is 0 Å². The van der Waals surface area contributed by atoms with Crippen LogP contribution in [0.2, 0.25) is 0 Å². The number of rotatable bonds is 0. The van der Waals surface area contributed by atoms with E-state index in [1.807, 2.05) is 0 Å². The summed E-state index contributed by atoms with van der Waals surface area (Å²) in [6, 6.07) is 0. The molecule has 0 aliphatic heterocycles. The molecule has 0 amide bonds. The second-order valence-electron chi connectivity index (χ2n) is 4.33. The molecule has 2 fully saturated rings. The minimum atomic E-state index is 0.817. The van der Waals surface area contributed by atoms with Crippen molar-refractivity contribution in [2.45, 2.75) is 39.5 Å². The lowest BCUT2D eigenvalue weighted by Crippen LogP contribution is -2.11. The second-order valence-corrected chi connectivity index (χ2v) is 4.33. The van der Waals surface area contributed by atoms with E-state index < -0.39 is 0 Å². The Morgan fingerprint density at radius 1 is 1.44 bits per heavy atom. The van der Waals surface area contributed by atoms with Gasteiger partial charge in [-0.05, 0) is 30.1 Å². The van der Waals surface area contributed by atoms with E-state index in [2.05, 4.69) is 13.8 Å². The summed E-state index contributed by atoms with van der Waals surface area (Å²) >= 11 is 0. The van der Waals surface area contributed by atoms with Gasteiger partial charge >= 0.3 is 0 Å². The third-order valence-electron chi connectivity index (χ3n) is 3.52. The number of fused-ring (bicyclic) bond motifs is 1. The molecule has 0 aromatic carbocycles. The Bertz CT molecular complexity index is 128. The van der Waals surface area contributed by atoms with Crippen LogP contribution in [0, 0.1) is 17.3 Å². The molecule has 0 N–H and O–H groups in total. The first kappa shape index (κ1) is 5.76. The summed E-state index contributed by atoms with van der Waals surface area (Å²) in [5.74, 6) is 2.16. The maximum Gasteiger partial charge on any atom is -0.0292 e. The highest BCUT2D eigenvalue weighted by Crippen LogP contribution is 2.62. The first-order chi connectivity index (χ1) is 4.22. The van der Waals surface area contributed by atoms with Gasteiger partial charge in [0.15, 0.2) is 0 Å². The Kier molecular flexibility index (Phi) is 0.980. The van der Waals surface area contributed by atoms with Gasteiger partial charge in [-0.1, -0.05) is 26.7 Å². The predicted molar refractivity (Wildman–Crippen MR) is 39.2 cm³/mol. The van der Waals surface area contributed by atoms with E-state index in [1.165, 1.54) is 25.7 Å². The molecule has 52 valence electrons. The van der Waals surface area contributed by atoms with Crippen molar-refractivity contribution < 1.29 is 0 Å².